The Bertz CT molecular complexity index is 480. The Hall–Kier alpha value is -0.920. The second kappa shape index (κ2) is 5.16. The van der Waals surface area contributed by atoms with E-state index in [0.717, 1.165) is 29.5 Å². The van der Waals surface area contributed by atoms with Gasteiger partial charge in [0, 0.05) is 22.7 Å². The van der Waals surface area contributed by atoms with Crippen LogP contribution in [-0.2, 0) is 4.79 Å². The molecule has 0 spiro atoms. The van der Waals surface area contributed by atoms with Crippen LogP contribution in [0, 0.1) is 3.57 Å². The molecule has 1 unspecified atom stereocenters. The Morgan fingerprint density at radius 1 is 1.47 bits per heavy atom. The van der Waals surface area contributed by atoms with Gasteiger partial charge < -0.3 is 4.90 Å². The Morgan fingerprint density at radius 3 is 2.71 bits per heavy atom. The lowest BCUT2D eigenvalue weighted by molar-refractivity contribution is -0.133. The molecule has 0 N–H and O–H groups in total. The molecule has 1 aromatic heterocycles. The third-order valence-corrected chi connectivity index (χ3v) is 3.52. The Balaban J connectivity index is 2.21. The van der Waals surface area contributed by atoms with Crippen molar-refractivity contribution in [3.8, 4) is 0 Å². The van der Waals surface area contributed by atoms with Gasteiger partial charge in [0.1, 0.15) is 6.04 Å². The number of halogens is 1. The largest absolute Gasteiger partial charge is 0.341 e. The maximum atomic E-state index is 12.1. The summed E-state index contributed by atoms with van der Waals surface area (Å²) in [7, 11) is 0. The number of likely N-dealkylation sites (tertiary alicyclic amines) is 1. The van der Waals surface area contributed by atoms with Crippen LogP contribution in [0.1, 0.15) is 25.8 Å². The molecule has 0 saturated carbocycles. The minimum atomic E-state index is -0.516. The van der Waals surface area contributed by atoms with E-state index in [9.17, 15) is 9.59 Å². The summed E-state index contributed by atoms with van der Waals surface area (Å²) in [5.74, 6) is -0.0155. The van der Waals surface area contributed by atoms with Gasteiger partial charge in [-0.2, -0.15) is 5.10 Å². The van der Waals surface area contributed by atoms with Crippen molar-refractivity contribution >= 4 is 28.5 Å². The molecule has 5 nitrogen and oxygen atoms in total. The molecule has 17 heavy (non-hydrogen) atoms. The zero-order valence-corrected chi connectivity index (χ0v) is 11.8. The molecule has 1 saturated heterocycles. The lowest BCUT2D eigenvalue weighted by Gasteiger charge is -2.20. The van der Waals surface area contributed by atoms with Crippen molar-refractivity contribution in [2.24, 2.45) is 0 Å². The molecule has 1 fully saturated rings. The first kappa shape index (κ1) is 12.5. The molecule has 2 rings (SSSR count). The van der Waals surface area contributed by atoms with E-state index in [1.165, 1.54) is 10.7 Å². The molecule has 1 aliphatic rings. The van der Waals surface area contributed by atoms with Crippen LogP contribution in [0.25, 0.3) is 0 Å². The molecule has 1 amide bonds. The molecular weight excluding hydrogens is 333 g/mol. The van der Waals surface area contributed by atoms with E-state index in [2.05, 4.69) is 5.10 Å². The smallest absolute Gasteiger partial charge is 0.268 e. The Morgan fingerprint density at radius 2 is 2.12 bits per heavy atom. The first-order chi connectivity index (χ1) is 8.09. The van der Waals surface area contributed by atoms with Crippen LogP contribution >= 0.6 is 22.6 Å². The normalized spacial score (nSPS) is 17.2. The van der Waals surface area contributed by atoms with Crippen molar-refractivity contribution in [3.05, 3.63) is 26.2 Å². The summed E-state index contributed by atoms with van der Waals surface area (Å²) in [5.41, 5.74) is -0.225. The third kappa shape index (κ3) is 2.67. The molecule has 0 aromatic carbocycles. The molecule has 0 bridgehead atoms. The first-order valence-corrected chi connectivity index (χ1v) is 6.70. The summed E-state index contributed by atoms with van der Waals surface area (Å²) >= 11 is 2.03. The summed E-state index contributed by atoms with van der Waals surface area (Å²) in [5, 5.41) is 4.02. The van der Waals surface area contributed by atoms with Gasteiger partial charge in [0.2, 0.25) is 5.91 Å². The van der Waals surface area contributed by atoms with Crippen LogP contribution in [0.5, 0.6) is 0 Å². The van der Waals surface area contributed by atoms with Crippen molar-refractivity contribution in [1.82, 2.24) is 14.7 Å². The fourth-order valence-corrected chi connectivity index (χ4v) is 2.38. The maximum Gasteiger partial charge on any atom is 0.268 e. The summed E-state index contributed by atoms with van der Waals surface area (Å²) in [6, 6.07) is 0.971. The quantitative estimate of drug-likeness (QED) is 0.751. The number of hydrogen-bond donors (Lipinski definition) is 0. The van der Waals surface area contributed by atoms with E-state index in [0.29, 0.717) is 0 Å². The van der Waals surface area contributed by atoms with Crippen molar-refractivity contribution < 1.29 is 4.79 Å². The fraction of sp³-hybridized carbons (Fsp3) is 0.545. The van der Waals surface area contributed by atoms with Crippen LogP contribution < -0.4 is 5.56 Å². The highest BCUT2D eigenvalue weighted by Crippen LogP contribution is 2.13. The first-order valence-electron chi connectivity index (χ1n) is 5.63. The Labute approximate surface area is 113 Å². The van der Waals surface area contributed by atoms with Crippen LogP contribution in [0.15, 0.2) is 17.1 Å². The van der Waals surface area contributed by atoms with Gasteiger partial charge in [0.05, 0.1) is 6.20 Å². The fourth-order valence-electron chi connectivity index (χ4n) is 1.99. The second-order valence-corrected chi connectivity index (χ2v) is 5.41. The molecule has 0 radical (unpaired) electrons. The number of rotatable bonds is 2. The van der Waals surface area contributed by atoms with E-state index in [1.54, 1.807) is 18.0 Å². The van der Waals surface area contributed by atoms with E-state index in [4.69, 9.17) is 0 Å². The molecule has 1 aliphatic heterocycles. The zero-order valence-electron chi connectivity index (χ0n) is 9.60. The van der Waals surface area contributed by atoms with Crippen molar-refractivity contribution in [1.29, 1.82) is 0 Å². The molecule has 2 heterocycles. The molecule has 1 atom stereocenters. The van der Waals surface area contributed by atoms with Crippen LogP contribution in [0.3, 0.4) is 0 Å². The van der Waals surface area contributed by atoms with Gasteiger partial charge in [-0.1, -0.05) is 0 Å². The number of carbonyl (C=O) groups is 1. The van der Waals surface area contributed by atoms with Gasteiger partial charge in [-0.05, 0) is 42.4 Å². The van der Waals surface area contributed by atoms with Crippen LogP contribution in [0.2, 0.25) is 0 Å². The Kier molecular flexibility index (Phi) is 3.80. The standard InChI is InChI=1S/C11H14IN3O2/c1-8(11(17)14-4-2-3-5-14)15-10(16)6-9(12)7-13-15/h6-8H,2-5H2,1H3. The summed E-state index contributed by atoms with van der Waals surface area (Å²) in [6.07, 6.45) is 3.69. The highest BCUT2D eigenvalue weighted by atomic mass is 127. The second-order valence-electron chi connectivity index (χ2n) is 4.16. The van der Waals surface area contributed by atoms with Gasteiger partial charge in [-0.3, -0.25) is 9.59 Å². The van der Waals surface area contributed by atoms with Gasteiger partial charge in [-0.15, -0.1) is 0 Å². The minimum absolute atomic E-state index is 0.0155. The average Bonchev–Trinajstić information content (AvgIpc) is 2.80. The lowest BCUT2D eigenvalue weighted by Crippen LogP contribution is -2.38. The number of carbonyl (C=O) groups excluding carboxylic acids is 1. The van der Waals surface area contributed by atoms with Gasteiger partial charge in [0.15, 0.2) is 0 Å². The van der Waals surface area contributed by atoms with Crippen molar-refractivity contribution in [2.75, 3.05) is 13.1 Å². The predicted octanol–water partition coefficient (Wildman–Crippen LogP) is 1.03. The van der Waals surface area contributed by atoms with E-state index in [-0.39, 0.29) is 11.5 Å². The lowest BCUT2D eigenvalue weighted by atomic mass is 10.3. The summed E-state index contributed by atoms with van der Waals surface area (Å²) in [6.45, 7) is 3.31. The summed E-state index contributed by atoms with van der Waals surface area (Å²) < 4.78 is 2.03. The molecule has 92 valence electrons. The van der Waals surface area contributed by atoms with E-state index in [1.807, 2.05) is 22.6 Å². The van der Waals surface area contributed by atoms with Crippen molar-refractivity contribution in [3.63, 3.8) is 0 Å². The highest BCUT2D eigenvalue weighted by Gasteiger charge is 2.25. The molecular formula is C11H14IN3O2. The van der Waals surface area contributed by atoms with Crippen LogP contribution in [-0.4, -0.2) is 33.7 Å². The summed E-state index contributed by atoms with van der Waals surface area (Å²) in [4.78, 5) is 25.6. The van der Waals surface area contributed by atoms with Gasteiger partial charge in [0.25, 0.3) is 5.56 Å². The van der Waals surface area contributed by atoms with Gasteiger partial charge >= 0.3 is 0 Å². The SMILES string of the molecule is CC(C(=O)N1CCCC1)n1ncc(I)cc1=O. The van der Waals surface area contributed by atoms with Crippen LogP contribution in [0.4, 0.5) is 0 Å². The molecule has 6 heteroatoms. The minimum Gasteiger partial charge on any atom is -0.341 e. The number of hydrogen-bond acceptors (Lipinski definition) is 3. The maximum absolute atomic E-state index is 12.1. The van der Waals surface area contributed by atoms with Crippen molar-refractivity contribution in [2.45, 2.75) is 25.8 Å². The zero-order chi connectivity index (χ0) is 12.4. The highest BCUT2D eigenvalue weighted by molar-refractivity contribution is 14.1. The number of aromatic nitrogens is 2. The topological polar surface area (TPSA) is 55.2 Å². The number of nitrogens with zero attached hydrogens (tertiary/aromatic N) is 3. The van der Waals surface area contributed by atoms with E-state index >= 15 is 0 Å². The van der Waals surface area contributed by atoms with Gasteiger partial charge in [-0.25, -0.2) is 4.68 Å². The third-order valence-electron chi connectivity index (χ3n) is 2.93. The monoisotopic (exact) mass is 347 g/mol. The predicted molar refractivity (Wildman–Crippen MR) is 71.7 cm³/mol. The average molecular weight is 347 g/mol. The number of amides is 1. The molecule has 1 aromatic rings. The van der Waals surface area contributed by atoms with E-state index < -0.39 is 6.04 Å². The molecule has 0 aliphatic carbocycles.